The van der Waals surface area contributed by atoms with Crippen LogP contribution in [0.4, 0.5) is 0 Å². The molecule has 0 aliphatic rings. The second kappa shape index (κ2) is 9.83. The fourth-order valence-corrected chi connectivity index (χ4v) is 2.23. The van der Waals surface area contributed by atoms with Gasteiger partial charge in [-0.1, -0.05) is 23.7 Å². The van der Waals surface area contributed by atoms with Gasteiger partial charge in [0.05, 0.1) is 13.2 Å². The molecule has 0 spiro atoms. The van der Waals surface area contributed by atoms with E-state index in [1.807, 2.05) is 43.3 Å². The molecule has 0 bridgehead atoms. The van der Waals surface area contributed by atoms with E-state index in [0.29, 0.717) is 37.6 Å². The number of halogens is 1. The summed E-state index contributed by atoms with van der Waals surface area (Å²) in [4.78, 5) is 11.7. The van der Waals surface area contributed by atoms with Crippen molar-refractivity contribution < 1.29 is 14.3 Å². The highest BCUT2D eigenvalue weighted by atomic mass is 35.5. The molecule has 0 fully saturated rings. The van der Waals surface area contributed by atoms with E-state index >= 15 is 0 Å². The van der Waals surface area contributed by atoms with Crippen molar-refractivity contribution in [3.05, 3.63) is 59.1 Å². The molecule has 24 heavy (non-hydrogen) atoms. The summed E-state index contributed by atoms with van der Waals surface area (Å²) < 4.78 is 11.1. The van der Waals surface area contributed by atoms with Gasteiger partial charge in [0, 0.05) is 11.4 Å². The van der Waals surface area contributed by atoms with Crippen LogP contribution in [0.5, 0.6) is 11.5 Å². The number of carbonyl (C=O) groups excluding carboxylic acids is 1. The second-order valence-corrected chi connectivity index (χ2v) is 5.86. The zero-order valence-corrected chi connectivity index (χ0v) is 14.5. The van der Waals surface area contributed by atoms with E-state index in [2.05, 4.69) is 5.32 Å². The van der Waals surface area contributed by atoms with E-state index in [0.717, 1.165) is 17.1 Å². The predicted molar refractivity (Wildman–Crippen MR) is 95.9 cm³/mol. The zero-order valence-electron chi connectivity index (χ0n) is 13.8. The number of carbonyl (C=O) groups is 1. The van der Waals surface area contributed by atoms with Crippen LogP contribution in [0.3, 0.4) is 0 Å². The van der Waals surface area contributed by atoms with Gasteiger partial charge in [-0.2, -0.15) is 0 Å². The first-order chi connectivity index (χ1) is 11.6. The highest BCUT2D eigenvalue weighted by Crippen LogP contribution is 2.15. The predicted octanol–water partition coefficient (Wildman–Crippen LogP) is 4.00. The molecule has 0 aromatic heterocycles. The van der Waals surface area contributed by atoms with Crippen LogP contribution in [0.2, 0.25) is 5.02 Å². The molecule has 0 radical (unpaired) electrons. The maximum atomic E-state index is 11.7. The molecular weight excluding hydrogens is 326 g/mol. The summed E-state index contributed by atoms with van der Waals surface area (Å²) >= 11 is 5.80. The maximum absolute atomic E-state index is 11.7. The molecule has 0 saturated carbocycles. The molecule has 128 valence electrons. The number of nitrogens with one attached hydrogen (secondary N) is 1. The molecule has 0 heterocycles. The second-order valence-electron chi connectivity index (χ2n) is 5.42. The Kier molecular flexibility index (Phi) is 7.43. The number of hydrogen-bond donors (Lipinski definition) is 1. The number of hydrogen-bond acceptors (Lipinski definition) is 3. The minimum absolute atomic E-state index is 0.00236. The highest BCUT2D eigenvalue weighted by Gasteiger charge is 2.02. The topological polar surface area (TPSA) is 47.6 Å². The van der Waals surface area contributed by atoms with Crippen LogP contribution >= 0.6 is 11.6 Å². The van der Waals surface area contributed by atoms with Crippen molar-refractivity contribution in [2.75, 3.05) is 19.8 Å². The first-order valence-electron chi connectivity index (χ1n) is 7.98. The molecule has 1 N–H and O–H groups in total. The van der Waals surface area contributed by atoms with Gasteiger partial charge in [0.2, 0.25) is 5.91 Å². The summed E-state index contributed by atoms with van der Waals surface area (Å²) in [6.07, 6.45) is 1.09. The van der Waals surface area contributed by atoms with Gasteiger partial charge in [-0.05, 0) is 55.3 Å². The minimum Gasteiger partial charge on any atom is -0.494 e. The van der Waals surface area contributed by atoms with E-state index in [-0.39, 0.29) is 5.91 Å². The van der Waals surface area contributed by atoms with E-state index in [4.69, 9.17) is 21.1 Å². The quantitative estimate of drug-likeness (QED) is 0.697. The van der Waals surface area contributed by atoms with Gasteiger partial charge in [0.15, 0.2) is 0 Å². The standard InChI is InChI=1S/C19H22ClNO3/c1-15-4-2-5-18(14-15)24-13-11-21-19(22)6-3-12-23-17-9-7-16(20)8-10-17/h2,4-5,7-10,14H,3,6,11-13H2,1H3,(H,21,22). The average molecular weight is 348 g/mol. The van der Waals surface area contributed by atoms with Gasteiger partial charge in [0.25, 0.3) is 0 Å². The Morgan fingerprint density at radius 1 is 1.04 bits per heavy atom. The SMILES string of the molecule is Cc1cccc(OCCNC(=O)CCCOc2ccc(Cl)cc2)c1. The summed E-state index contributed by atoms with van der Waals surface area (Å²) in [6.45, 7) is 3.46. The van der Waals surface area contributed by atoms with Gasteiger partial charge in [-0.3, -0.25) is 4.79 Å². The van der Waals surface area contributed by atoms with Crippen LogP contribution in [-0.4, -0.2) is 25.7 Å². The summed E-state index contributed by atoms with van der Waals surface area (Å²) in [5.41, 5.74) is 1.15. The Morgan fingerprint density at radius 2 is 1.79 bits per heavy atom. The number of benzene rings is 2. The van der Waals surface area contributed by atoms with E-state index < -0.39 is 0 Å². The molecule has 2 rings (SSSR count). The lowest BCUT2D eigenvalue weighted by Crippen LogP contribution is -2.28. The van der Waals surface area contributed by atoms with Crippen molar-refractivity contribution in [3.8, 4) is 11.5 Å². The van der Waals surface area contributed by atoms with Crippen molar-refractivity contribution >= 4 is 17.5 Å². The van der Waals surface area contributed by atoms with Crippen LogP contribution in [0.25, 0.3) is 0 Å². The van der Waals surface area contributed by atoms with E-state index in [1.165, 1.54) is 0 Å². The molecule has 5 heteroatoms. The third kappa shape index (κ3) is 6.92. The van der Waals surface area contributed by atoms with Crippen molar-refractivity contribution in [3.63, 3.8) is 0 Å². The fraction of sp³-hybridized carbons (Fsp3) is 0.316. The molecule has 0 saturated heterocycles. The maximum Gasteiger partial charge on any atom is 0.220 e. The monoisotopic (exact) mass is 347 g/mol. The van der Waals surface area contributed by atoms with Gasteiger partial charge in [-0.25, -0.2) is 0 Å². The first-order valence-corrected chi connectivity index (χ1v) is 8.36. The first kappa shape index (κ1) is 18.1. The zero-order chi connectivity index (χ0) is 17.2. The average Bonchev–Trinajstić information content (AvgIpc) is 2.57. The van der Waals surface area contributed by atoms with Gasteiger partial charge in [-0.15, -0.1) is 0 Å². The lowest BCUT2D eigenvalue weighted by Gasteiger charge is -2.09. The van der Waals surface area contributed by atoms with Crippen molar-refractivity contribution in [2.24, 2.45) is 0 Å². The van der Waals surface area contributed by atoms with Gasteiger partial charge in [0.1, 0.15) is 18.1 Å². The lowest BCUT2D eigenvalue weighted by atomic mass is 10.2. The smallest absolute Gasteiger partial charge is 0.220 e. The molecule has 4 nitrogen and oxygen atoms in total. The van der Waals surface area contributed by atoms with Crippen molar-refractivity contribution in [1.82, 2.24) is 5.32 Å². The van der Waals surface area contributed by atoms with Gasteiger partial charge < -0.3 is 14.8 Å². The number of rotatable bonds is 9. The molecule has 0 atom stereocenters. The van der Waals surface area contributed by atoms with Crippen LogP contribution in [0.1, 0.15) is 18.4 Å². The van der Waals surface area contributed by atoms with Gasteiger partial charge >= 0.3 is 0 Å². The molecule has 0 aliphatic heterocycles. The van der Waals surface area contributed by atoms with Crippen LogP contribution in [0.15, 0.2) is 48.5 Å². The molecule has 2 aromatic carbocycles. The van der Waals surface area contributed by atoms with Crippen molar-refractivity contribution in [1.29, 1.82) is 0 Å². The molecule has 0 unspecified atom stereocenters. The Labute approximate surface area is 147 Å². The summed E-state index contributed by atoms with van der Waals surface area (Å²) in [5.74, 6) is 1.58. The van der Waals surface area contributed by atoms with Crippen LogP contribution in [0, 0.1) is 6.92 Å². The Bertz CT molecular complexity index is 643. The summed E-state index contributed by atoms with van der Waals surface area (Å²) in [6, 6.07) is 15.0. The number of amides is 1. The third-order valence-corrected chi connectivity index (χ3v) is 3.57. The molecular formula is C19H22ClNO3. The Hall–Kier alpha value is -2.20. The number of ether oxygens (including phenoxy) is 2. The van der Waals surface area contributed by atoms with Crippen LogP contribution in [-0.2, 0) is 4.79 Å². The highest BCUT2D eigenvalue weighted by molar-refractivity contribution is 6.30. The molecule has 2 aromatic rings. The largest absolute Gasteiger partial charge is 0.494 e. The minimum atomic E-state index is 0.00236. The van der Waals surface area contributed by atoms with Crippen molar-refractivity contribution in [2.45, 2.75) is 19.8 Å². The summed E-state index contributed by atoms with van der Waals surface area (Å²) in [7, 11) is 0. The Balaban J connectivity index is 1.53. The normalized spacial score (nSPS) is 10.2. The third-order valence-electron chi connectivity index (χ3n) is 3.31. The number of aryl methyl sites for hydroxylation is 1. The van der Waals surface area contributed by atoms with E-state index in [1.54, 1.807) is 12.1 Å². The summed E-state index contributed by atoms with van der Waals surface area (Å²) in [5, 5.41) is 3.51. The molecule has 0 aliphatic carbocycles. The van der Waals surface area contributed by atoms with E-state index in [9.17, 15) is 4.79 Å². The fourth-order valence-electron chi connectivity index (χ4n) is 2.11. The Morgan fingerprint density at radius 3 is 2.54 bits per heavy atom. The van der Waals surface area contributed by atoms with Crippen LogP contribution < -0.4 is 14.8 Å². The lowest BCUT2D eigenvalue weighted by molar-refractivity contribution is -0.121. The molecule has 1 amide bonds.